The molecule has 0 saturated heterocycles. The first-order valence-electron chi connectivity index (χ1n) is 4.02. The molecule has 0 atom stereocenters. The Kier molecular flexibility index (Phi) is 2.87. The van der Waals surface area contributed by atoms with Gasteiger partial charge in [-0.15, -0.1) is 0 Å². The first kappa shape index (κ1) is 9.54. The summed E-state index contributed by atoms with van der Waals surface area (Å²) in [6, 6.07) is 4.99. The maximum atomic E-state index is 10.8. The molecule has 0 spiro atoms. The number of hydrogen-bond donors (Lipinski definition) is 3. The molecule has 1 rings (SSSR count). The Morgan fingerprint density at radius 1 is 1.62 bits per heavy atom. The van der Waals surface area contributed by atoms with E-state index in [1.54, 1.807) is 18.2 Å². The monoisotopic (exact) mass is 180 g/mol. The van der Waals surface area contributed by atoms with Gasteiger partial charge in [0.2, 0.25) is 0 Å². The van der Waals surface area contributed by atoms with E-state index >= 15 is 0 Å². The molecular formula is C9H12N2O2. The number of anilines is 1. The number of aromatic carboxylic acids is 1. The predicted octanol–water partition coefficient (Wildman–Crippen LogP) is 1.23. The van der Waals surface area contributed by atoms with Crippen LogP contribution in [0.15, 0.2) is 18.2 Å². The lowest BCUT2D eigenvalue weighted by Crippen LogP contribution is -2.12. The number of hydrazine groups is 1. The molecule has 70 valence electrons. The summed E-state index contributed by atoms with van der Waals surface area (Å²) in [5, 5.41) is 8.85. The van der Waals surface area contributed by atoms with Crippen LogP contribution in [-0.2, 0) is 6.42 Å². The summed E-state index contributed by atoms with van der Waals surface area (Å²) in [5.41, 5.74) is 4.18. The van der Waals surface area contributed by atoms with Gasteiger partial charge in [0.05, 0.1) is 11.3 Å². The molecule has 0 saturated carbocycles. The summed E-state index contributed by atoms with van der Waals surface area (Å²) in [4.78, 5) is 10.8. The van der Waals surface area contributed by atoms with Crippen LogP contribution < -0.4 is 11.3 Å². The van der Waals surface area contributed by atoms with Gasteiger partial charge in [-0.25, -0.2) is 4.79 Å². The van der Waals surface area contributed by atoms with Crippen molar-refractivity contribution in [2.24, 2.45) is 5.84 Å². The number of carbonyl (C=O) groups is 1. The van der Waals surface area contributed by atoms with Gasteiger partial charge in [0.15, 0.2) is 0 Å². The minimum atomic E-state index is -0.922. The van der Waals surface area contributed by atoms with E-state index in [9.17, 15) is 4.79 Å². The van der Waals surface area contributed by atoms with Crippen LogP contribution in [0.5, 0.6) is 0 Å². The highest BCUT2D eigenvalue weighted by Crippen LogP contribution is 2.19. The van der Waals surface area contributed by atoms with Crippen molar-refractivity contribution in [2.75, 3.05) is 5.43 Å². The van der Waals surface area contributed by atoms with E-state index in [2.05, 4.69) is 5.43 Å². The minimum Gasteiger partial charge on any atom is -0.478 e. The van der Waals surface area contributed by atoms with Crippen LogP contribution >= 0.6 is 0 Å². The Morgan fingerprint density at radius 3 is 2.77 bits per heavy atom. The van der Waals surface area contributed by atoms with Gasteiger partial charge < -0.3 is 10.5 Å². The quantitative estimate of drug-likeness (QED) is 0.483. The summed E-state index contributed by atoms with van der Waals surface area (Å²) >= 11 is 0. The smallest absolute Gasteiger partial charge is 0.336 e. The van der Waals surface area contributed by atoms with Gasteiger partial charge in [-0.1, -0.05) is 13.0 Å². The second kappa shape index (κ2) is 3.91. The molecule has 0 heterocycles. The van der Waals surface area contributed by atoms with Crippen LogP contribution in [0.4, 0.5) is 5.69 Å². The summed E-state index contributed by atoms with van der Waals surface area (Å²) in [6.45, 7) is 1.89. The van der Waals surface area contributed by atoms with Gasteiger partial charge in [0, 0.05) is 0 Å². The molecule has 4 heteroatoms. The average Bonchev–Trinajstić information content (AvgIpc) is 2.16. The van der Waals surface area contributed by atoms with Crippen molar-refractivity contribution in [3.8, 4) is 0 Å². The molecule has 0 bridgehead atoms. The molecule has 1 aromatic rings. The van der Waals surface area contributed by atoms with Gasteiger partial charge in [0.1, 0.15) is 0 Å². The fraction of sp³-hybridized carbons (Fsp3) is 0.222. The SMILES string of the molecule is CCc1c(NN)cccc1C(=O)O. The van der Waals surface area contributed by atoms with Gasteiger partial charge in [-0.3, -0.25) is 5.84 Å². The van der Waals surface area contributed by atoms with Crippen molar-refractivity contribution >= 4 is 11.7 Å². The van der Waals surface area contributed by atoms with Crippen molar-refractivity contribution in [3.05, 3.63) is 29.3 Å². The van der Waals surface area contributed by atoms with Crippen LogP contribution in [0.25, 0.3) is 0 Å². The zero-order valence-corrected chi connectivity index (χ0v) is 7.37. The van der Waals surface area contributed by atoms with Crippen molar-refractivity contribution in [1.82, 2.24) is 0 Å². The molecule has 0 aliphatic carbocycles. The molecule has 0 aromatic heterocycles. The van der Waals surface area contributed by atoms with Gasteiger partial charge >= 0.3 is 5.97 Å². The number of carboxylic acids is 1. The molecule has 0 aliphatic heterocycles. The lowest BCUT2D eigenvalue weighted by molar-refractivity contribution is 0.0696. The molecule has 0 unspecified atom stereocenters. The molecule has 0 aliphatic rings. The van der Waals surface area contributed by atoms with Crippen molar-refractivity contribution in [2.45, 2.75) is 13.3 Å². The Hall–Kier alpha value is -1.55. The summed E-state index contributed by atoms with van der Waals surface area (Å²) < 4.78 is 0. The minimum absolute atomic E-state index is 0.304. The normalized spacial score (nSPS) is 9.69. The highest BCUT2D eigenvalue weighted by Gasteiger charge is 2.10. The standard InChI is InChI=1S/C9H12N2O2/c1-2-6-7(9(12)13)4-3-5-8(6)11-10/h3-5,11H,2,10H2,1H3,(H,12,13). The molecule has 4 nitrogen and oxygen atoms in total. The van der Waals surface area contributed by atoms with E-state index in [1.165, 1.54) is 0 Å². The largest absolute Gasteiger partial charge is 0.478 e. The summed E-state index contributed by atoms with van der Waals surface area (Å²) in [6.07, 6.45) is 0.641. The lowest BCUT2D eigenvalue weighted by atomic mass is 10.0. The highest BCUT2D eigenvalue weighted by atomic mass is 16.4. The third kappa shape index (κ3) is 1.78. The predicted molar refractivity (Wildman–Crippen MR) is 50.6 cm³/mol. The topological polar surface area (TPSA) is 75.3 Å². The van der Waals surface area contributed by atoms with Crippen molar-refractivity contribution < 1.29 is 9.90 Å². The molecule has 13 heavy (non-hydrogen) atoms. The van der Waals surface area contributed by atoms with E-state index in [0.29, 0.717) is 17.7 Å². The summed E-state index contributed by atoms with van der Waals surface area (Å²) in [5.74, 6) is 4.33. The van der Waals surface area contributed by atoms with Crippen LogP contribution in [-0.4, -0.2) is 11.1 Å². The number of carboxylic acid groups (broad SMARTS) is 1. The Bertz CT molecular complexity index is 323. The maximum Gasteiger partial charge on any atom is 0.336 e. The maximum absolute atomic E-state index is 10.8. The van der Waals surface area contributed by atoms with Crippen LogP contribution in [0, 0.1) is 0 Å². The lowest BCUT2D eigenvalue weighted by Gasteiger charge is -2.09. The van der Waals surface area contributed by atoms with E-state index in [1.807, 2.05) is 6.92 Å². The van der Waals surface area contributed by atoms with Gasteiger partial charge in [-0.2, -0.15) is 0 Å². The molecule has 0 radical (unpaired) electrons. The second-order valence-electron chi connectivity index (χ2n) is 2.63. The Labute approximate surface area is 76.3 Å². The van der Waals surface area contributed by atoms with Gasteiger partial charge in [0.25, 0.3) is 0 Å². The van der Waals surface area contributed by atoms with E-state index in [-0.39, 0.29) is 0 Å². The Morgan fingerprint density at radius 2 is 2.31 bits per heavy atom. The molecular weight excluding hydrogens is 168 g/mol. The van der Waals surface area contributed by atoms with Crippen LogP contribution in [0.2, 0.25) is 0 Å². The number of nitrogen functional groups attached to an aromatic ring is 1. The third-order valence-corrected chi connectivity index (χ3v) is 1.92. The third-order valence-electron chi connectivity index (χ3n) is 1.92. The number of nitrogens with two attached hydrogens (primary N) is 1. The van der Waals surface area contributed by atoms with E-state index in [4.69, 9.17) is 10.9 Å². The summed E-state index contributed by atoms with van der Waals surface area (Å²) in [7, 11) is 0. The zero-order valence-electron chi connectivity index (χ0n) is 7.37. The average molecular weight is 180 g/mol. The van der Waals surface area contributed by atoms with Crippen LogP contribution in [0.3, 0.4) is 0 Å². The molecule has 1 aromatic carbocycles. The molecule has 0 amide bonds. The zero-order chi connectivity index (χ0) is 9.84. The molecule has 4 N–H and O–H groups in total. The highest BCUT2D eigenvalue weighted by molar-refractivity contribution is 5.91. The van der Waals surface area contributed by atoms with Gasteiger partial charge in [-0.05, 0) is 24.1 Å². The number of benzene rings is 1. The Balaban J connectivity index is 3.27. The fourth-order valence-corrected chi connectivity index (χ4v) is 1.30. The van der Waals surface area contributed by atoms with E-state index in [0.717, 1.165) is 5.56 Å². The number of hydrogen-bond acceptors (Lipinski definition) is 3. The number of rotatable bonds is 3. The van der Waals surface area contributed by atoms with Crippen molar-refractivity contribution in [3.63, 3.8) is 0 Å². The van der Waals surface area contributed by atoms with Crippen LogP contribution in [0.1, 0.15) is 22.8 Å². The first-order chi connectivity index (χ1) is 6.20. The van der Waals surface area contributed by atoms with Crippen molar-refractivity contribution in [1.29, 1.82) is 0 Å². The second-order valence-corrected chi connectivity index (χ2v) is 2.63. The number of nitrogens with one attached hydrogen (secondary N) is 1. The molecule has 0 fully saturated rings. The first-order valence-corrected chi connectivity index (χ1v) is 4.02. The van der Waals surface area contributed by atoms with E-state index < -0.39 is 5.97 Å². The fourth-order valence-electron chi connectivity index (χ4n) is 1.30.